The van der Waals surface area contributed by atoms with Crippen LogP contribution in [0.5, 0.6) is 0 Å². The van der Waals surface area contributed by atoms with Gasteiger partial charge in [-0.2, -0.15) is 13.2 Å². The molecule has 0 aromatic heterocycles. The second-order valence-corrected chi connectivity index (χ2v) is 11.3. The van der Waals surface area contributed by atoms with Gasteiger partial charge in [-0.3, -0.25) is 14.6 Å². The number of rotatable bonds is 6. The van der Waals surface area contributed by atoms with Crippen molar-refractivity contribution in [2.45, 2.75) is 56.6 Å². The van der Waals surface area contributed by atoms with Crippen LogP contribution in [0.25, 0.3) is 0 Å². The SMILES string of the molecule is COC(=O)N1CCC(NC(=O)c2cccc(CN3CC4(CCN(Cc5ccc(C(F)(F)F)cc5)CC4)OC3=O)c2)CC1. The number of hydrogen-bond donors (Lipinski definition) is 1. The smallest absolute Gasteiger partial charge is 0.416 e. The quantitative estimate of drug-likeness (QED) is 0.528. The predicted octanol–water partition coefficient (Wildman–Crippen LogP) is 4.65. The normalized spacial score (nSPS) is 19.6. The van der Waals surface area contributed by atoms with Crippen molar-refractivity contribution in [2.75, 3.05) is 39.8 Å². The van der Waals surface area contributed by atoms with Crippen LogP contribution >= 0.6 is 0 Å². The number of methoxy groups -OCH3 is 1. The second-order valence-electron chi connectivity index (χ2n) is 11.3. The standard InChI is InChI=1S/C30H35F3N4O5/c1-41-27(39)36-13-9-25(10-14-36)34-26(38)23-4-2-3-22(17-23)19-37-20-29(42-28(37)40)11-15-35(16-12-29)18-21-5-7-24(8-6-21)30(31,32)33/h2-8,17,25H,9-16,18-20H2,1H3,(H,34,38). The number of benzene rings is 2. The van der Waals surface area contributed by atoms with E-state index >= 15 is 0 Å². The Labute approximate surface area is 242 Å². The molecule has 0 unspecified atom stereocenters. The van der Waals surface area contributed by atoms with Crippen LogP contribution in [-0.2, 0) is 28.7 Å². The van der Waals surface area contributed by atoms with Gasteiger partial charge in [0, 0.05) is 63.7 Å². The zero-order valence-corrected chi connectivity index (χ0v) is 23.5. The monoisotopic (exact) mass is 588 g/mol. The zero-order chi connectivity index (χ0) is 29.9. The summed E-state index contributed by atoms with van der Waals surface area (Å²) in [4.78, 5) is 42.8. The number of piperidine rings is 2. The summed E-state index contributed by atoms with van der Waals surface area (Å²) < 4.78 is 49.1. The second kappa shape index (κ2) is 12.2. The molecule has 3 aliphatic heterocycles. The number of halogens is 3. The van der Waals surface area contributed by atoms with Gasteiger partial charge in [0.05, 0.1) is 19.2 Å². The maximum absolute atomic E-state index is 12.9. The highest BCUT2D eigenvalue weighted by molar-refractivity contribution is 5.94. The van der Waals surface area contributed by atoms with Gasteiger partial charge >= 0.3 is 18.4 Å². The molecule has 9 nitrogen and oxygen atoms in total. The van der Waals surface area contributed by atoms with Gasteiger partial charge in [0.1, 0.15) is 5.60 Å². The summed E-state index contributed by atoms with van der Waals surface area (Å²) in [5.74, 6) is -0.200. The molecule has 3 aliphatic rings. The Hall–Kier alpha value is -3.80. The number of likely N-dealkylation sites (tertiary alicyclic amines) is 2. The highest BCUT2D eigenvalue weighted by atomic mass is 19.4. The third-order valence-electron chi connectivity index (χ3n) is 8.32. The number of nitrogens with one attached hydrogen (secondary N) is 1. The molecule has 1 N–H and O–H groups in total. The van der Waals surface area contributed by atoms with Gasteiger partial charge in [-0.25, -0.2) is 9.59 Å². The lowest BCUT2D eigenvalue weighted by Gasteiger charge is -2.37. The van der Waals surface area contributed by atoms with Crippen LogP contribution in [0.4, 0.5) is 22.8 Å². The molecule has 2 aromatic rings. The van der Waals surface area contributed by atoms with E-state index in [0.29, 0.717) is 77.1 Å². The average Bonchev–Trinajstić information content (AvgIpc) is 3.28. The Balaban J connectivity index is 1.11. The summed E-state index contributed by atoms with van der Waals surface area (Å²) in [5, 5.41) is 3.04. The lowest BCUT2D eigenvalue weighted by atomic mass is 9.91. The summed E-state index contributed by atoms with van der Waals surface area (Å²) in [6, 6.07) is 12.4. The van der Waals surface area contributed by atoms with Gasteiger partial charge in [0.15, 0.2) is 0 Å². The van der Waals surface area contributed by atoms with Gasteiger partial charge in [0.25, 0.3) is 5.91 Å². The molecule has 5 rings (SSSR count). The number of alkyl halides is 3. The molecule has 42 heavy (non-hydrogen) atoms. The van der Waals surface area contributed by atoms with Crippen molar-refractivity contribution in [2.24, 2.45) is 0 Å². The minimum atomic E-state index is -4.35. The van der Waals surface area contributed by atoms with Crippen LogP contribution in [0.15, 0.2) is 48.5 Å². The van der Waals surface area contributed by atoms with Crippen molar-refractivity contribution in [3.63, 3.8) is 0 Å². The van der Waals surface area contributed by atoms with E-state index in [1.807, 2.05) is 6.07 Å². The van der Waals surface area contributed by atoms with Crippen LogP contribution in [0.2, 0.25) is 0 Å². The first-order chi connectivity index (χ1) is 20.0. The Morgan fingerprint density at radius 1 is 1.00 bits per heavy atom. The summed E-state index contributed by atoms with van der Waals surface area (Å²) in [7, 11) is 1.35. The average molecular weight is 589 g/mol. The Morgan fingerprint density at radius 3 is 2.33 bits per heavy atom. The molecule has 0 aliphatic carbocycles. The first-order valence-corrected chi connectivity index (χ1v) is 14.1. The summed E-state index contributed by atoms with van der Waals surface area (Å²) in [6.07, 6.45) is -2.56. The van der Waals surface area contributed by atoms with Crippen LogP contribution in [0, 0.1) is 0 Å². The molecule has 0 atom stereocenters. The van der Waals surface area contributed by atoms with Crippen LogP contribution in [-0.4, -0.2) is 84.3 Å². The van der Waals surface area contributed by atoms with Crippen LogP contribution in [0.3, 0.4) is 0 Å². The van der Waals surface area contributed by atoms with Crippen LogP contribution < -0.4 is 5.32 Å². The van der Waals surface area contributed by atoms with E-state index in [2.05, 4.69) is 10.2 Å². The minimum absolute atomic E-state index is 0.0411. The highest BCUT2D eigenvalue weighted by Crippen LogP contribution is 2.35. The maximum Gasteiger partial charge on any atom is 0.416 e. The van der Waals surface area contributed by atoms with Crippen molar-refractivity contribution in [3.8, 4) is 0 Å². The fraction of sp³-hybridized carbons (Fsp3) is 0.500. The van der Waals surface area contributed by atoms with Crippen molar-refractivity contribution in [1.82, 2.24) is 20.0 Å². The molecule has 3 heterocycles. The van der Waals surface area contributed by atoms with Gasteiger partial charge in [-0.05, 0) is 48.2 Å². The summed E-state index contributed by atoms with van der Waals surface area (Å²) in [5.41, 5.74) is 0.867. The third-order valence-corrected chi connectivity index (χ3v) is 8.32. The van der Waals surface area contributed by atoms with Gasteiger partial charge in [0.2, 0.25) is 0 Å². The predicted molar refractivity (Wildman–Crippen MR) is 146 cm³/mol. The lowest BCUT2D eigenvalue weighted by molar-refractivity contribution is -0.137. The molecule has 3 fully saturated rings. The molecule has 1 spiro atoms. The molecule has 0 saturated carbocycles. The molecule has 2 aromatic carbocycles. The van der Waals surface area contributed by atoms with E-state index in [1.165, 1.54) is 19.2 Å². The number of ether oxygens (including phenoxy) is 2. The summed E-state index contributed by atoms with van der Waals surface area (Å²) >= 11 is 0. The molecular weight excluding hydrogens is 553 g/mol. The Morgan fingerprint density at radius 2 is 1.69 bits per heavy atom. The first kappa shape index (κ1) is 29.7. The topological polar surface area (TPSA) is 91.4 Å². The summed E-state index contributed by atoms with van der Waals surface area (Å²) in [6.45, 7) is 3.65. The number of nitrogens with zero attached hydrogens (tertiary/aromatic N) is 3. The molecular formula is C30H35F3N4O5. The molecule has 12 heteroatoms. The van der Waals surface area contributed by atoms with E-state index in [4.69, 9.17) is 9.47 Å². The maximum atomic E-state index is 12.9. The minimum Gasteiger partial charge on any atom is -0.453 e. The van der Waals surface area contributed by atoms with Crippen molar-refractivity contribution >= 4 is 18.1 Å². The number of carbonyl (C=O) groups excluding carboxylic acids is 3. The van der Waals surface area contributed by atoms with Crippen molar-refractivity contribution in [3.05, 3.63) is 70.8 Å². The Kier molecular flexibility index (Phi) is 8.63. The number of amides is 3. The lowest BCUT2D eigenvalue weighted by Crippen LogP contribution is -2.46. The zero-order valence-electron chi connectivity index (χ0n) is 23.5. The molecule has 3 amide bonds. The van der Waals surface area contributed by atoms with Gasteiger partial charge in [-0.15, -0.1) is 0 Å². The third kappa shape index (κ3) is 6.97. The van der Waals surface area contributed by atoms with E-state index in [1.54, 1.807) is 28.0 Å². The van der Waals surface area contributed by atoms with Crippen LogP contribution in [0.1, 0.15) is 52.7 Å². The van der Waals surface area contributed by atoms with Crippen molar-refractivity contribution in [1.29, 1.82) is 0 Å². The fourth-order valence-electron chi connectivity index (χ4n) is 5.89. The fourth-order valence-corrected chi connectivity index (χ4v) is 5.89. The van der Waals surface area contributed by atoms with Crippen molar-refractivity contribution < 1.29 is 37.0 Å². The largest absolute Gasteiger partial charge is 0.453 e. The Bertz CT molecular complexity index is 1290. The van der Waals surface area contributed by atoms with E-state index < -0.39 is 23.4 Å². The highest BCUT2D eigenvalue weighted by Gasteiger charge is 2.46. The van der Waals surface area contributed by atoms with Gasteiger partial charge in [-0.1, -0.05) is 24.3 Å². The molecule has 226 valence electrons. The molecule has 3 saturated heterocycles. The van der Waals surface area contributed by atoms with Gasteiger partial charge < -0.3 is 19.7 Å². The molecule has 0 radical (unpaired) electrons. The first-order valence-electron chi connectivity index (χ1n) is 14.1. The molecule has 0 bridgehead atoms. The van der Waals surface area contributed by atoms with E-state index in [-0.39, 0.29) is 18.0 Å². The van der Waals surface area contributed by atoms with E-state index in [9.17, 15) is 27.6 Å². The number of hydrogen-bond acceptors (Lipinski definition) is 6. The number of carbonyl (C=O) groups is 3. The van der Waals surface area contributed by atoms with E-state index in [0.717, 1.165) is 23.3 Å².